The van der Waals surface area contributed by atoms with Crippen molar-refractivity contribution >= 4 is 33.0 Å². The van der Waals surface area contributed by atoms with Gasteiger partial charge in [0.2, 0.25) is 5.91 Å². The molecule has 8 nitrogen and oxygen atoms in total. The van der Waals surface area contributed by atoms with Crippen LogP contribution in [0.4, 0.5) is 17.1 Å². The van der Waals surface area contributed by atoms with E-state index < -0.39 is 14.9 Å². The van der Waals surface area contributed by atoms with Crippen LogP contribution in [-0.4, -0.2) is 25.8 Å². The summed E-state index contributed by atoms with van der Waals surface area (Å²) in [6.07, 6.45) is 1.32. The zero-order valence-corrected chi connectivity index (χ0v) is 15.7. The average Bonchev–Trinajstić information content (AvgIpc) is 3.00. The standard InChI is InChI=1S/C18H19N3O5S/c1-12-5-7-15(11-17(12)21(23)24)27(25,26)19-14-6-8-16(13(2)10-14)20-9-3-4-18(20)22/h5-8,10-11,19H,3-4,9H2,1-2H3. The first-order chi connectivity index (χ1) is 12.7. The molecule has 1 saturated heterocycles. The summed E-state index contributed by atoms with van der Waals surface area (Å²) in [5, 5.41) is 11.1. The van der Waals surface area contributed by atoms with E-state index in [-0.39, 0.29) is 16.5 Å². The van der Waals surface area contributed by atoms with E-state index >= 15 is 0 Å². The number of aryl methyl sites for hydroxylation is 2. The van der Waals surface area contributed by atoms with Crippen molar-refractivity contribution in [2.75, 3.05) is 16.2 Å². The minimum absolute atomic E-state index is 0.0541. The third-order valence-electron chi connectivity index (χ3n) is 4.50. The number of rotatable bonds is 5. The number of hydrogen-bond donors (Lipinski definition) is 1. The first kappa shape index (κ1) is 18.8. The normalized spacial score (nSPS) is 14.4. The Morgan fingerprint density at radius 1 is 1.11 bits per heavy atom. The van der Waals surface area contributed by atoms with E-state index in [9.17, 15) is 23.3 Å². The molecule has 3 rings (SSSR count). The van der Waals surface area contributed by atoms with Crippen molar-refractivity contribution < 1.29 is 18.1 Å². The topological polar surface area (TPSA) is 110 Å². The van der Waals surface area contributed by atoms with Gasteiger partial charge in [-0.05, 0) is 50.1 Å². The molecule has 0 unspecified atom stereocenters. The Morgan fingerprint density at radius 3 is 2.44 bits per heavy atom. The second kappa shape index (κ2) is 6.99. The van der Waals surface area contributed by atoms with Gasteiger partial charge >= 0.3 is 0 Å². The molecule has 27 heavy (non-hydrogen) atoms. The van der Waals surface area contributed by atoms with Crippen molar-refractivity contribution in [2.45, 2.75) is 31.6 Å². The minimum atomic E-state index is -3.98. The van der Waals surface area contributed by atoms with Crippen LogP contribution in [0.1, 0.15) is 24.0 Å². The number of benzene rings is 2. The first-order valence-electron chi connectivity index (χ1n) is 8.38. The van der Waals surface area contributed by atoms with Gasteiger partial charge < -0.3 is 4.90 Å². The molecule has 142 valence electrons. The number of sulfonamides is 1. The summed E-state index contributed by atoms with van der Waals surface area (Å²) in [5.41, 5.74) is 1.98. The van der Waals surface area contributed by atoms with Crippen LogP contribution in [0.15, 0.2) is 41.3 Å². The Morgan fingerprint density at radius 2 is 1.85 bits per heavy atom. The summed E-state index contributed by atoms with van der Waals surface area (Å²) in [4.78, 5) is 23.8. The van der Waals surface area contributed by atoms with Gasteiger partial charge in [0.05, 0.1) is 9.82 Å². The van der Waals surface area contributed by atoms with Gasteiger partial charge in [0.1, 0.15) is 0 Å². The van der Waals surface area contributed by atoms with Gasteiger partial charge in [-0.3, -0.25) is 19.6 Å². The van der Waals surface area contributed by atoms with Crippen molar-refractivity contribution in [3.05, 3.63) is 57.6 Å². The molecule has 1 fully saturated rings. The zero-order valence-electron chi connectivity index (χ0n) is 14.9. The predicted molar refractivity (Wildman–Crippen MR) is 101 cm³/mol. The molecule has 1 aliphatic heterocycles. The molecule has 1 amide bonds. The highest BCUT2D eigenvalue weighted by atomic mass is 32.2. The van der Waals surface area contributed by atoms with Crippen molar-refractivity contribution in [1.82, 2.24) is 0 Å². The second-order valence-electron chi connectivity index (χ2n) is 6.46. The summed E-state index contributed by atoms with van der Waals surface area (Å²) in [5.74, 6) is 0.0541. The number of amides is 1. The molecule has 0 bridgehead atoms. The lowest BCUT2D eigenvalue weighted by molar-refractivity contribution is -0.385. The van der Waals surface area contributed by atoms with Crippen molar-refractivity contribution in [1.29, 1.82) is 0 Å². The minimum Gasteiger partial charge on any atom is -0.312 e. The van der Waals surface area contributed by atoms with E-state index in [2.05, 4.69) is 4.72 Å². The Bertz CT molecular complexity index is 1030. The predicted octanol–water partition coefficient (Wildman–Crippen LogP) is 3.14. The highest BCUT2D eigenvalue weighted by Gasteiger charge is 2.24. The van der Waals surface area contributed by atoms with Crippen molar-refractivity contribution in [2.24, 2.45) is 0 Å². The molecule has 0 radical (unpaired) electrons. The monoisotopic (exact) mass is 389 g/mol. The van der Waals surface area contributed by atoms with Crippen molar-refractivity contribution in [3.8, 4) is 0 Å². The number of nitrogens with one attached hydrogen (secondary N) is 1. The molecule has 0 aliphatic carbocycles. The van der Waals surface area contributed by atoms with Gasteiger partial charge in [0.25, 0.3) is 15.7 Å². The van der Waals surface area contributed by atoms with Crippen LogP contribution < -0.4 is 9.62 Å². The number of nitro benzene ring substituents is 1. The number of hydrogen-bond acceptors (Lipinski definition) is 5. The third kappa shape index (κ3) is 3.77. The highest BCUT2D eigenvalue weighted by molar-refractivity contribution is 7.92. The molecule has 1 N–H and O–H groups in total. The maximum absolute atomic E-state index is 12.6. The van der Waals surface area contributed by atoms with Crippen molar-refractivity contribution in [3.63, 3.8) is 0 Å². The first-order valence-corrected chi connectivity index (χ1v) is 9.86. The Labute approximate surface area is 157 Å². The maximum atomic E-state index is 12.6. The van der Waals surface area contributed by atoms with Crippen LogP contribution in [0.5, 0.6) is 0 Å². The number of anilines is 2. The van der Waals surface area contributed by atoms with E-state index in [0.29, 0.717) is 24.2 Å². The third-order valence-corrected chi connectivity index (χ3v) is 5.88. The van der Waals surface area contributed by atoms with E-state index in [1.54, 1.807) is 36.9 Å². The molecule has 0 aromatic heterocycles. The molecular formula is C18H19N3O5S. The van der Waals surface area contributed by atoms with Crippen LogP contribution in [0, 0.1) is 24.0 Å². The molecule has 9 heteroatoms. The molecule has 1 aliphatic rings. The summed E-state index contributed by atoms with van der Waals surface area (Å²) >= 11 is 0. The Hall–Kier alpha value is -2.94. The van der Waals surface area contributed by atoms with Gasteiger partial charge in [-0.1, -0.05) is 6.07 Å². The number of nitrogens with zero attached hydrogens (tertiary/aromatic N) is 2. The number of carbonyl (C=O) groups excluding carboxylic acids is 1. The zero-order chi connectivity index (χ0) is 19.8. The quantitative estimate of drug-likeness (QED) is 0.624. The fourth-order valence-corrected chi connectivity index (χ4v) is 4.16. The van der Waals surface area contributed by atoms with E-state index in [1.165, 1.54) is 12.1 Å². The van der Waals surface area contributed by atoms with E-state index in [1.807, 2.05) is 0 Å². The molecule has 2 aromatic carbocycles. The molecular weight excluding hydrogens is 370 g/mol. The molecule has 0 atom stereocenters. The van der Waals surface area contributed by atoms with Gasteiger partial charge in [-0.15, -0.1) is 0 Å². The summed E-state index contributed by atoms with van der Waals surface area (Å²) in [6.45, 7) is 4.00. The fraction of sp³-hybridized carbons (Fsp3) is 0.278. The molecule has 0 spiro atoms. The average molecular weight is 389 g/mol. The van der Waals surface area contributed by atoms with Gasteiger partial charge in [-0.2, -0.15) is 0 Å². The highest BCUT2D eigenvalue weighted by Crippen LogP contribution is 2.29. The second-order valence-corrected chi connectivity index (χ2v) is 8.14. The van der Waals surface area contributed by atoms with Crippen LogP contribution in [0.2, 0.25) is 0 Å². The van der Waals surface area contributed by atoms with E-state index in [4.69, 9.17) is 0 Å². The smallest absolute Gasteiger partial charge is 0.273 e. The van der Waals surface area contributed by atoms with Gasteiger partial charge in [0, 0.05) is 36.0 Å². The Balaban J connectivity index is 1.88. The fourth-order valence-electron chi connectivity index (χ4n) is 3.09. The maximum Gasteiger partial charge on any atom is 0.273 e. The molecule has 0 saturated carbocycles. The number of carbonyl (C=O) groups is 1. The SMILES string of the molecule is Cc1cc(NS(=O)(=O)c2ccc(C)c([N+](=O)[O-])c2)ccc1N1CCCC1=O. The summed E-state index contributed by atoms with van der Waals surface area (Å²) < 4.78 is 27.6. The lowest BCUT2D eigenvalue weighted by Gasteiger charge is -2.19. The van der Waals surface area contributed by atoms with Crippen LogP contribution in [0.25, 0.3) is 0 Å². The molecule has 1 heterocycles. The van der Waals surface area contributed by atoms with Crippen LogP contribution in [0.3, 0.4) is 0 Å². The largest absolute Gasteiger partial charge is 0.312 e. The lowest BCUT2D eigenvalue weighted by Crippen LogP contribution is -2.24. The Kier molecular flexibility index (Phi) is 4.88. The summed E-state index contributed by atoms with van der Waals surface area (Å²) in [7, 11) is -3.98. The van der Waals surface area contributed by atoms with Crippen LogP contribution >= 0.6 is 0 Å². The van der Waals surface area contributed by atoms with Gasteiger partial charge in [0.15, 0.2) is 0 Å². The lowest BCUT2D eigenvalue weighted by atomic mass is 10.1. The van der Waals surface area contributed by atoms with Gasteiger partial charge in [-0.25, -0.2) is 8.42 Å². The molecule has 2 aromatic rings. The summed E-state index contributed by atoms with van der Waals surface area (Å²) in [6, 6.07) is 8.69. The number of nitro groups is 1. The van der Waals surface area contributed by atoms with Crippen LogP contribution in [-0.2, 0) is 14.8 Å². The van der Waals surface area contributed by atoms with E-state index in [0.717, 1.165) is 23.7 Å².